The first kappa shape index (κ1) is 18.9. The number of aryl methyl sites for hydroxylation is 1. The molecule has 1 amide bonds. The molecule has 2 aromatic rings. The maximum atomic E-state index is 12.7. The van der Waals surface area contributed by atoms with E-state index < -0.39 is 17.9 Å². The normalized spacial score (nSPS) is 16.0. The van der Waals surface area contributed by atoms with Crippen LogP contribution in [0.1, 0.15) is 72.2 Å². The van der Waals surface area contributed by atoms with Crippen molar-refractivity contribution in [1.82, 2.24) is 15.1 Å². The van der Waals surface area contributed by atoms with Crippen molar-refractivity contribution in [3.05, 3.63) is 47.2 Å². The van der Waals surface area contributed by atoms with Gasteiger partial charge in [-0.2, -0.15) is 5.10 Å². The average molecular weight is 371 g/mol. The summed E-state index contributed by atoms with van der Waals surface area (Å²) in [5, 5.41) is 26.5. The molecule has 27 heavy (non-hydrogen) atoms. The minimum Gasteiger partial charge on any atom is -0.493 e. The predicted molar refractivity (Wildman–Crippen MR) is 99.7 cm³/mol. The minimum atomic E-state index is -1.00. The lowest BCUT2D eigenvalue weighted by Crippen LogP contribution is -2.31. The van der Waals surface area contributed by atoms with Crippen LogP contribution in [-0.2, 0) is 4.79 Å². The number of nitrogens with zero attached hydrogens (tertiary/aromatic N) is 2. The fourth-order valence-corrected chi connectivity index (χ4v) is 3.71. The number of carbonyl (C=O) groups excluding carboxylic acids is 1. The lowest BCUT2D eigenvalue weighted by Gasteiger charge is -2.22. The lowest BCUT2D eigenvalue weighted by atomic mass is 9.96. The van der Waals surface area contributed by atoms with Crippen LogP contribution < -0.4 is 5.32 Å². The fourth-order valence-electron chi connectivity index (χ4n) is 3.71. The zero-order chi connectivity index (χ0) is 19.4. The summed E-state index contributed by atoms with van der Waals surface area (Å²) >= 11 is 0. The number of carboxylic acids is 1. The summed E-state index contributed by atoms with van der Waals surface area (Å²) in [5.74, 6) is -1.52. The van der Waals surface area contributed by atoms with Crippen LogP contribution in [0.4, 0.5) is 0 Å². The highest BCUT2D eigenvalue weighted by molar-refractivity contribution is 5.93. The molecular weight excluding hydrogens is 346 g/mol. The fraction of sp³-hybridized carbons (Fsp3) is 0.450. The Labute approximate surface area is 158 Å². The number of aromatic hydroxyl groups is 1. The van der Waals surface area contributed by atoms with E-state index in [4.69, 9.17) is 0 Å². The second kappa shape index (κ2) is 8.24. The smallest absolute Gasteiger partial charge is 0.305 e. The molecule has 1 aliphatic carbocycles. The molecule has 1 fully saturated rings. The number of hydrogen-bond acceptors (Lipinski definition) is 4. The predicted octanol–water partition coefficient (Wildman–Crippen LogP) is 3.35. The molecule has 1 aromatic heterocycles. The third kappa shape index (κ3) is 4.48. The summed E-state index contributed by atoms with van der Waals surface area (Å²) in [6, 6.07) is 8.14. The molecule has 0 aliphatic heterocycles. The van der Waals surface area contributed by atoms with Gasteiger partial charge in [-0.3, -0.25) is 9.59 Å². The zero-order valence-corrected chi connectivity index (χ0v) is 15.4. The van der Waals surface area contributed by atoms with Crippen LogP contribution in [0.15, 0.2) is 30.3 Å². The molecule has 0 saturated heterocycles. The molecule has 7 heteroatoms. The van der Waals surface area contributed by atoms with Crippen molar-refractivity contribution >= 4 is 11.9 Å². The van der Waals surface area contributed by atoms with Crippen LogP contribution in [0.3, 0.4) is 0 Å². The Morgan fingerprint density at radius 1 is 1.26 bits per heavy atom. The van der Waals surface area contributed by atoms with Gasteiger partial charge >= 0.3 is 5.97 Å². The molecule has 0 radical (unpaired) electrons. The molecule has 3 N–H and O–H groups in total. The highest BCUT2D eigenvalue weighted by Crippen LogP contribution is 2.31. The van der Waals surface area contributed by atoms with Crippen molar-refractivity contribution in [2.24, 2.45) is 0 Å². The average Bonchev–Trinajstić information content (AvgIpc) is 3.04. The van der Waals surface area contributed by atoms with Crippen molar-refractivity contribution in [1.29, 1.82) is 0 Å². The topological polar surface area (TPSA) is 104 Å². The van der Waals surface area contributed by atoms with Crippen LogP contribution in [0.25, 0.3) is 0 Å². The van der Waals surface area contributed by atoms with E-state index in [9.17, 15) is 19.8 Å². The number of aromatic nitrogens is 2. The van der Waals surface area contributed by atoms with E-state index in [1.54, 1.807) is 6.07 Å². The van der Waals surface area contributed by atoms with Gasteiger partial charge < -0.3 is 15.5 Å². The number of hydrogen-bond donors (Lipinski definition) is 3. The molecule has 3 rings (SSSR count). The highest BCUT2D eigenvalue weighted by Gasteiger charge is 2.25. The van der Waals surface area contributed by atoms with Gasteiger partial charge in [0.25, 0.3) is 5.91 Å². The van der Waals surface area contributed by atoms with Crippen molar-refractivity contribution < 1.29 is 19.8 Å². The van der Waals surface area contributed by atoms with E-state index >= 15 is 0 Å². The van der Waals surface area contributed by atoms with Crippen molar-refractivity contribution in [3.8, 4) is 5.88 Å². The maximum absolute atomic E-state index is 12.7. The van der Waals surface area contributed by atoms with E-state index in [1.165, 1.54) is 17.2 Å². The van der Waals surface area contributed by atoms with Gasteiger partial charge in [0.05, 0.1) is 18.5 Å². The van der Waals surface area contributed by atoms with Gasteiger partial charge in [0.2, 0.25) is 5.88 Å². The Morgan fingerprint density at radius 3 is 2.63 bits per heavy atom. The first-order chi connectivity index (χ1) is 13.0. The van der Waals surface area contributed by atoms with Crippen molar-refractivity contribution in [2.75, 3.05) is 0 Å². The molecule has 1 atom stereocenters. The van der Waals surface area contributed by atoms with Crippen LogP contribution in [0.5, 0.6) is 5.88 Å². The summed E-state index contributed by atoms with van der Waals surface area (Å²) in [6.45, 7) is 1.87. The molecule has 0 bridgehead atoms. The van der Waals surface area contributed by atoms with E-state index in [0.717, 1.165) is 36.8 Å². The van der Waals surface area contributed by atoms with Gasteiger partial charge in [-0.05, 0) is 30.9 Å². The molecule has 0 unspecified atom stereocenters. The molecule has 1 saturated carbocycles. The summed E-state index contributed by atoms with van der Waals surface area (Å²) < 4.78 is 1.52. The van der Waals surface area contributed by atoms with E-state index in [0.29, 0.717) is 0 Å². The van der Waals surface area contributed by atoms with Gasteiger partial charge in [-0.1, -0.05) is 43.5 Å². The van der Waals surface area contributed by atoms with Gasteiger partial charge in [0.15, 0.2) is 5.69 Å². The van der Waals surface area contributed by atoms with Gasteiger partial charge in [-0.15, -0.1) is 0 Å². The largest absolute Gasteiger partial charge is 0.493 e. The Balaban J connectivity index is 1.79. The van der Waals surface area contributed by atoms with Crippen LogP contribution >= 0.6 is 0 Å². The van der Waals surface area contributed by atoms with E-state index in [-0.39, 0.29) is 24.0 Å². The van der Waals surface area contributed by atoms with Gasteiger partial charge in [0, 0.05) is 6.07 Å². The standard InChI is InChI=1S/C20H25N3O4/c1-13-7-5-6-10-15(13)16(12-19(25)26)21-20(27)17-11-18(24)23(22-17)14-8-3-2-4-9-14/h5-7,10-11,14,16,24H,2-4,8-9,12H2,1H3,(H,21,27)(H,25,26)/t16-/m0/s1. The molecule has 0 spiro atoms. The highest BCUT2D eigenvalue weighted by atomic mass is 16.4. The first-order valence-corrected chi connectivity index (χ1v) is 9.32. The minimum absolute atomic E-state index is 0.0299. The summed E-state index contributed by atoms with van der Waals surface area (Å²) in [4.78, 5) is 23.9. The Bertz CT molecular complexity index is 824. The lowest BCUT2D eigenvalue weighted by molar-refractivity contribution is -0.137. The maximum Gasteiger partial charge on any atom is 0.305 e. The van der Waals surface area contributed by atoms with Crippen molar-refractivity contribution in [2.45, 2.75) is 57.5 Å². The molecular formula is C20H25N3O4. The van der Waals surface area contributed by atoms with Crippen molar-refractivity contribution in [3.63, 3.8) is 0 Å². The SMILES string of the molecule is Cc1ccccc1[C@H](CC(=O)O)NC(=O)c1cc(O)n(C2CCCCC2)n1. The van der Waals surface area contributed by atoms with E-state index in [1.807, 2.05) is 25.1 Å². The number of benzene rings is 1. The van der Waals surface area contributed by atoms with Gasteiger partial charge in [-0.25, -0.2) is 4.68 Å². The number of nitrogens with one attached hydrogen (secondary N) is 1. The molecule has 7 nitrogen and oxygen atoms in total. The number of aliphatic carboxylic acids is 1. The third-order valence-electron chi connectivity index (χ3n) is 5.12. The zero-order valence-electron chi connectivity index (χ0n) is 15.4. The second-order valence-electron chi connectivity index (χ2n) is 7.10. The van der Waals surface area contributed by atoms with Crippen LogP contribution in [-0.4, -0.2) is 31.9 Å². The molecule has 144 valence electrons. The monoisotopic (exact) mass is 371 g/mol. The number of rotatable bonds is 6. The summed E-state index contributed by atoms with van der Waals surface area (Å²) in [7, 11) is 0. The quantitative estimate of drug-likeness (QED) is 0.722. The van der Waals surface area contributed by atoms with Crippen LogP contribution in [0, 0.1) is 6.92 Å². The summed E-state index contributed by atoms with van der Waals surface area (Å²) in [5.41, 5.74) is 1.76. The summed E-state index contributed by atoms with van der Waals surface area (Å²) in [6.07, 6.45) is 4.98. The second-order valence-corrected chi connectivity index (χ2v) is 7.10. The molecule has 1 aliphatic rings. The number of carboxylic acid groups (broad SMARTS) is 1. The third-order valence-corrected chi connectivity index (χ3v) is 5.12. The Kier molecular flexibility index (Phi) is 5.78. The Hall–Kier alpha value is -2.83. The first-order valence-electron chi connectivity index (χ1n) is 9.32. The van der Waals surface area contributed by atoms with Gasteiger partial charge in [0.1, 0.15) is 0 Å². The molecule has 1 heterocycles. The van der Waals surface area contributed by atoms with Crippen LogP contribution in [0.2, 0.25) is 0 Å². The van der Waals surface area contributed by atoms with E-state index in [2.05, 4.69) is 10.4 Å². The number of amides is 1. The molecule has 1 aromatic carbocycles. The number of carbonyl (C=O) groups is 2. The Morgan fingerprint density at radius 2 is 1.96 bits per heavy atom.